The molecule has 0 amide bonds. The summed E-state index contributed by atoms with van der Waals surface area (Å²) in [6.07, 6.45) is 1.35. The van der Waals surface area contributed by atoms with Crippen molar-refractivity contribution in [3.05, 3.63) is 29.8 Å². The summed E-state index contributed by atoms with van der Waals surface area (Å²) in [5, 5.41) is 13.2. The third kappa shape index (κ3) is 5.13. The maximum Gasteiger partial charge on any atom is 0.326 e. The highest BCUT2D eigenvalue weighted by Crippen LogP contribution is 2.45. The van der Waals surface area contributed by atoms with Crippen LogP contribution in [0.1, 0.15) is 25.3 Å². The van der Waals surface area contributed by atoms with Crippen molar-refractivity contribution in [1.29, 1.82) is 0 Å². The van der Waals surface area contributed by atoms with Gasteiger partial charge in [0.15, 0.2) is 0 Å². The van der Waals surface area contributed by atoms with Crippen molar-refractivity contribution in [1.82, 2.24) is 15.1 Å². The number of hydrogen-bond donors (Lipinski definition) is 2. The highest BCUT2D eigenvalue weighted by molar-refractivity contribution is 5.84. The summed E-state index contributed by atoms with van der Waals surface area (Å²) in [5.74, 6) is -0.986. The zero-order valence-corrected chi connectivity index (χ0v) is 19.6. The molecule has 2 N–H and O–H groups in total. The molecule has 1 aliphatic carbocycles. The zero-order valence-electron chi connectivity index (χ0n) is 19.6. The van der Waals surface area contributed by atoms with Gasteiger partial charge in [-0.2, -0.15) is 0 Å². The summed E-state index contributed by atoms with van der Waals surface area (Å²) < 4.78 is 14.9. The van der Waals surface area contributed by atoms with Crippen LogP contribution in [0.25, 0.3) is 0 Å². The summed E-state index contributed by atoms with van der Waals surface area (Å²) in [6.45, 7) is 3.48. The number of methoxy groups -OCH3 is 3. The van der Waals surface area contributed by atoms with Crippen molar-refractivity contribution in [2.45, 2.75) is 36.9 Å². The van der Waals surface area contributed by atoms with Gasteiger partial charge in [0.1, 0.15) is 17.3 Å². The Morgan fingerprint density at radius 3 is 2.24 bits per heavy atom. The van der Waals surface area contributed by atoms with Crippen molar-refractivity contribution in [3.63, 3.8) is 0 Å². The predicted octanol–water partition coefficient (Wildman–Crippen LogP) is 0.235. The molecule has 0 spiro atoms. The smallest absolute Gasteiger partial charge is 0.326 e. The third-order valence-electron chi connectivity index (χ3n) is 6.79. The lowest BCUT2D eigenvalue weighted by Gasteiger charge is -2.41. The first-order chi connectivity index (χ1) is 15.7. The number of carbonyl (C=O) groups is 3. The Bertz CT molecular complexity index is 871. The lowest BCUT2D eigenvalue weighted by molar-refractivity contribution is -0.149. The summed E-state index contributed by atoms with van der Waals surface area (Å²) >= 11 is 0. The third-order valence-corrected chi connectivity index (χ3v) is 6.79. The van der Waals surface area contributed by atoms with Crippen LogP contribution in [0, 0.1) is 0 Å². The predicted molar refractivity (Wildman–Crippen MR) is 118 cm³/mol. The molecular weight excluding hydrogens is 430 g/mol. The SMILES string of the molecule is COC(=O)CNC1(c2ccc(O)cc2)CN([C@H](C)C(=O)OC)CCN(C2(C(=O)OC)CC2)C1. The van der Waals surface area contributed by atoms with Gasteiger partial charge in [0.05, 0.1) is 33.4 Å². The van der Waals surface area contributed by atoms with Gasteiger partial charge in [0.2, 0.25) is 0 Å². The van der Waals surface area contributed by atoms with Crippen LogP contribution in [0.2, 0.25) is 0 Å². The van der Waals surface area contributed by atoms with Crippen LogP contribution in [0.5, 0.6) is 5.75 Å². The first-order valence-corrected chi connectivity index (χ1v) is 11.0. The topological polar surface area (TPSA) is 118 Å². The first kappa shape index (κ1) is 24.9. The van der Waals surface area contributed by atoms with Gasteiger partial charge in [-0.15, -0.1) is 0 Å². The van der Waals surface area contributed by atoms with Crippen LogP contribution < -0.4 is 5.32 Å². The lowest BCUT2D eigenvalue weighted by atomic mass is 9.87. The second kappa shape index (κ2) is 10.1. The van der Waals surface area contributed by atoms with Gasteiger partial charge in [-0.05, 0) is 37.5 Å². The van der Waals surface area contributed by atoms with Crippen LogP contribution in [0.3, 0.4) is 0 Å². The normalized spacial score (nSPS) is 23.8. The molecule has 0 aromatic heterocycles. The number of hydrogen-bond acceptors (Lipinski definition) is 10. The Morgan fingerprint density at radius 1 is 1.03 bits per heavy atom. The van der Waals surface area contributed by atoms with E-state index in [1.807, 2.05) is 4.90 Å². The van der Waals surface area contributed by atoms with Crippen LogP contribution in [-0.4, -0.2) is 98.4 Å². The second-order valence-corrected chi connectivity index (χ2v) is 8.67. The van der Waals surface area contributed by atoms with E-state index in [1.165, 1.54) is 21.3 Å². The van der Waals surface area contributed by atoms with Gasteiger partial charge >= 0.3 is 17.9 Å². The molecule has 1 aromatic rings. The molecule has 3 rings (SSSR count). The van der Waals surface area contributed by atoms with Crippen molar-refractivity contribution in [3.8, 4) is 5.75 Å². The van der Waals surface area contributed by atoms with Crippen LogP contribution >= 0.6 is 0 Å². The summed E-state index contributed by atoms with van der Waals surface area (Å²) in [5.41, 5.74) is -0.780. The largest absolute Gasteiger partial charge is 0.508 e. The van der Waals surface area contributed by atoms with E-state index in [2.05, 4.69) is 10.2 Å². The minimum atomic E-state index is -0.857. The van der Waals surface area contributed by atoms with E-state index in [0.29, 0.717) is 39.0 Å². The van der Waals surface area contributed by atoms with Crippen LogP contribution in [0.4, 0.5) is 0 Å². The molecule has 1 unspecified atom stereocenters. The molecule has 1 saturated heterocycles. The molecule has 2 fully saturated rings. The van der Waals surface area contributed by atoms with Crippen LogP contribution in [0.15, 0.2) is 24.3 Å². The fourth-order valence-corrected chi connectivity index (χ4v) is 4.59. The molecule has 182 valence electrons. The van der Waals surface area contributed by atoms with Crippen molar-refractivity contribution in [2.75, 3.05) is 54.1 Å². The standard InChI is InChI=1S/C23H33N3O7/c1-16(20(29)32-3)25-11-12-26(23(9-10-23)21(30)33-4)15-22(14-25,24-13-19(28)31-2)17-5-7-18(27)8-6-17/h5-8,16,24,27H,9-15H2,1-4H3/t16-,22?/m1/s1. The van der Waals surface area contributed by atoms with Gasteiger partial charge in [-0.3, -0.25) is 29.5 Å². The highest BCUT2D eigenvalue weighted by atomic mass is 16.5. The summed E-state index contributed by atoms with van der Waals surface area (Å²) in [6, 6.07) is 6.17. The molecule has 1 aliphatic heterocycles. The maximum absolute atomic E-state index is 12.7. The summed E-state index contributed by atoms with van der Waals surface area (Å²) in [7, 11) is 4.05. The number of nitrogens with one attached hydrogen (secondary N) is 1. The molecule has 0 radical (unpaired) electrons. The van der Waals surface area contributed by atoms with Gasteiger partial charge in [0, 0.05) is 26.2 Å². The van der Waals surface area contributed by atoms with Gasteiger partial charge in [-0.1, -0.05) is 12.1 Å². The van der Waals surface area contributed by atoms with Crippen molar-refractivity contribution in [2.24, 2.45) is 0 Å². The number of carbonyl (C=O) groups excluding carboxylic acids is 3. The van der Waals surface area contributed by atoms with Gasteiger partial charge in [0.25, 0.3) is 0 Å². The van der Waals surface area contributed by atoms with E-state index < -0.39 is 23.1 Å². The second-order valence-electron chi connectivity index (χ2n) is 8.67. The number of nitrogens with zero attached hydrogens (tertiary/aromatic N) is 2. The number of phenols is 1. The van der Waals surface area contributed by atoms with Gasteiger partial charge in [-0.25, -0.2) is 0 Å². The number of ether oxygens (including phenoxy) is 3. The van der Waals surface area contributed by atoms with E-state index in [0.717, 1.165) is 5.56 Å². The molecular formula is C23H33N3O7. The Kier molecular flexibility index (Phi) is 7.61. The Hall–Kier alpha value is -2.69. The molecule has 2 aliphatic rings. The monoisotopic (exact) mass is 463 g/mol. The van der Waals surface area contributed by atoms with E-state index in [4.69, 9.17) is 14.2 Å². The van der Waals surface area contributed by atoms with Crippen LogP contribution in [-0.2, 0) is 34.1 Å². The minimum Gasteiger partial charge on any atom is -0.508 e. The average molecular weight is 464 g/mol. The maximum atomic E-state index is 12.7. The molecule has 1 heterocycles. The molecule has 0 bridgehead atoms. The highest BCUT2D eigenvalue weighted by Gasteiger charge is 2.58. The average Bonchev–Trinajstić information content (AvgIpc) is 3.65. The number of esters is 3. The van der Waals surface area contributed by atoms with Gasteiger partial charge < -0.3 is 19.3 Å². The summed E-state index contributed by atoms with van der Waals surface area (Å²) in [4.78, 5) is 41.2. The molecule has 1 aromatic carbocycles. The van der Waals surface area contributed by atoms with Crippen molar-refractivity contribution < 1.29 is 33.7 Å². The molecule has 33 heavy (non-hydrogen) atoms. The first-order valence-electron chi connectivity index (χ1n) is 11.0. The zero-order chi connectivity index (χ0) is 24.2. The Balaban J connectivity index is 2.06. The lowest BCUT2D eigenvalue weighted by Crippen LogP contribution is -2.59. The van der Waals surface area contributed by atoms with Crippen molar-refractivity contribution >= 4 is 17.9 Å². The van der Waals surface area contributed by atoms with E-state index >= 15 is 0 Å². The van der Waals surface area contributed by atoms with E-state index in [-0.39, 0.29) is 24.2 Å². The molecule has 10 heteroatoms. The Morgan fingerprint density at radius 2 is 1.70 bits per heavy atom. The molecule has 2 atom stereocenters. The minimum absolute atomic E-state index is 0.0725. The van der Waals surface area contributed by atoms with E-state index in [9.17, 15) is 19.5 Å². The number of phenolic OH excluding ortho intramolecular Hbond substituents is 1. The van der Waals surface area contributed by atoms with E-state index in [1.54, 1.807) is 31.2 Å². The quantitative estimate of drug-likeness (QED) is 0.410. The number of rotatable bonds is 8. The fourth-order valence-electron chi connectivity index (χ4n) is 4.59. The number of aromatic hydroxyl groups is 1. The molecule has 1 saturated carbocycles. The molecule has 10 nitrogen and oxygen atoms in total. The number of benzene rings is 1. The fraction of sp³-hybridized carbons (Fsp3) is 0.609. The Labute approximate surface area is 193 Å².